The molecule has 0 aliphatic carbocycles. The second-order valence-corrected chi connectivity index (χ2v) is 7.73. The smallest absolute Gasteiger partial charge is 0.0430 e. The number of hydrogen-bond acceptors (Lipinski definition) is 1. The number of thioether (sulfide) groups is 1. The van der Waals surface area contributed by atoms with Crippen LogP contribution in [0.15, 0.2) is 70.6 Å². The van der Waals surface area contributed by atoms with Crippen LogP contribution in [0.2, 0.25) is 0 Å². The molecule has 1 aliphatic heterocycles. The molecule has 2 aromatic carbocycles. The normalized spacial score (nSPS) is 25.6. The number of allylic oxidation sites excluding steroid dienone is 1. The summed E-state index contributed by atoms with van der Waals surface area (Å²) in [7, 11) is 0. The molecule has 20 heavy (non-hydrogen) atoms. The van der Waals surface area contributed by atoms with Gasteiger partial charge in [-0.25, -0.2) is 0 Å². The Morgan fingerprint density at radius 1 is 1.05 bits per heavy atom. The van der Waals surface area contributed by atoms with Crippen molar-refractivity contribution in [2.75, 3.05) is 0 Å². The highest BCUT2D eigenvalue weighted by molar-refractivity contribution is 9.10. The third kappa shape index (κ3) is 2.87. The van der Waals surface area contributed by atoms with E-state index in [1.54, 1.807) is 0 Å². The molecule has 0 radical (unpaired) electrons. The van der Waals surface area contributed by atoms with Gasteiger partial charge in [-0.2, -0.15) is 0 Å². The molecular weight excluding hydrogens is 328 g/mol. The minimum Gasteiger partial charge on any atom is -0.123 e. The summed E-state index contributed by atoms with van der Waals surface area (Å²) in [6, 6.07) is 19.5. The van der Waals surface area contributed by atoms with Crippen LogP contribution in [0.25, 0.3) is 0 Å². The lowest BCUT2D eigenvalue weighted by Crippen LogP contribution is -2.22. The second-order valence-electron chi connectivity index (χ2n) is 5.41. The zero-order valence-electron chi connectivity index (χ0n) is 11.4. The molecule has 1 heterocycles. The fourth-order valence-electron chi connectivity index (χ4n) is 2.74. The van der Waals surface area contributed by atoms with Crippen LogP contribution in [-0.2, 0) is 4.75 Å². The fraction of sp³-hybridized carbons (Fsp3) is 0.222. The quantitative estimate of drug-likeness (QED) is 0.634. The van der Waals surface area contributed by atoms with Gasteiger partial charge in [-0.15, -0.1) is 11.8 Å². The van der Waals surface area contributed by atoms with E-state index in [9.17, 15) is 0 Å². The largest absolute Gasteiger partial charge is 0.123 e. The van der Waals surface area contributed by atoms with Gasteiger partial charge in [0.1, 0.15) is 0 Å². The van der Waals surface area contributed by atoms with Gasteiger partial charge in [0, 0.05) is 15.1 Å². The first kappa shape index (κ1) is 14.0. The Kier molecular flexibility index (Phi) is 4.04. The Hall–Kier alpha value is -0.990. The molecule has 0 nitrogen and oxygen atoms in total. The van der Waals surface area contributed by atoms with Crippen molar-refractivity contribution in [1.82, 2.24) is 0 Å². The molecule has 0 saturated heterocycles. The molecule has 0 fully saturated rings. The minimum absolute atomic E-state index is 0.149. The van der Waals surface area contributed by atoms with E-state index in [2.05, 4.69) is 88.9 Å². The Labute approximate surface area is 133 Å². The SMILES string of the molecule is C[C@]1(c2ccc(Br)cc2)C[C@@H](c2ccccc2)C=CS1. The maximum absolute atomic E-state index is 3.51. The van der Waals surface area contributed by atoms with Crippen LogP contribution in [0.4, 0.5) is 0 Å². The van der Waals surface area contributed by atoms with E-state index in [1.807, 2.05) is 11.8 Å². The molecular formula is C18H17BrS. The number of rotatable bonds is 2. The Morgan fingerprint density at radius 3 is 2.45 bits per heavy atom. The summed E-state index contributed by atoms with van der Waals surface area (Å²) >= 11 is 5.44. The number of hydrogen-bond donors (Lipinski definition) is 0. The molecule has 0 amide bonds. The van der Waals surface area contributed by atoms with Gasteiger partial charge in [0.05, 0.1) is 0 Å². The lowest BCUT2D eigenvalue weighted by molar-refractivity contribution is 0.575. The van der Waals surface area contributed by atoms with Crippen molar-refractivity contribution < 1.29 is 0 Å². The van der Waals surface area contributed by atoms with Crippen molar-refractivity contribution >= 4 is 27.7 Å². The monoisotopic (exact) mass is 344 g/mol. The van der Waals surface area contributed by atoms with Crippen LogP contribution in [-0.4, -0.2) is 0 Å². The maximum atomic E-state index is 3.51. The highest BCUT2D eigenvalue weighted by atomic mass is 79.9. The van der Waals surface area contributed by atoms with Crippen LogP contribution in [0.3, 0.4) is 0 Å². The molecule has 0 spiro atoms. The molecule has 2 aromatic rings. The number of halogens is 1. The van der Waals surface area contributed by atoms with Crippen LogP contribution in [0, 0.1) is 0 Å². The van der Waals surface area contributed by atoms with E-state index in [4.69, 9.17) is 0 Å². The summed E-state index contributed by atoms with van der Waals surface area (Å²) in [5, 5.41) is 2.27. The molecule has 0 bridgehead atoms. The fourth-order valence-corrected chi connectivity index (χ4v) is 4.12. The highest BCUT2D eigenvalue weighted by Crippen LogP contribution is 2.48. The summed E-state index contributed by atoms with van der Waals surface area (Å²) in [4.78, 5) is 0. The van der Waals surface area contributed by atoms with E-state index < -0.39 is 0 Å². The van der Waals surface area contributed by atoms with Gasteiger partial charge in [-0.05, 0) is 42.0 Å². The summed E-state index contributed by atoms with van der Waals surface area (Å²) < 4.78 is 1.29. The van der Waals surface area contributed by atoms with Gasteiger partial charge in [-0.1, -0.05) is 64.5 Å². The van der Waals surface area contributed by atoms with Crippen LogP contribution in [0.1, 0.15) is 30.4 Å². The topological polar surface area (TPSA) is 0 Å². The van der Waals surface area contributed by atoms with Crippen LogP contribution < -0.4 is 0 Å². The molecule has 3 rings (SSSR count). The van der Waals surface area contributed by atoms with Crippen molar-refractivity contribution in [2.24, 2.45) is 0 Å². The third-order valence-corrected chi connectivity index (χ3v) is 5.68. The van der Waals surface area contributed by atoms with E-state index in [-0.39, 0.29) is 4.75 Å². The van der Waals surface area contributed by atoms with E-state index in [0.717, 1.165) is 10.9 Å². The highest BCUT2D eigenvalue weighted by Gasteiger charge is 2.32. The molecule has 102 valence electrons. The first-order valence-electron chi connectivity index (χ1n) is 6.83. The first-order chi connectivity index (χ1) is 9.67. The predicted octanol–water partition coefficient (Wildman–Crippen LogP) is 6.10. The molecule has 1 aliphatic rings. The van der Waals surface area contributed by atoms with Gasteiger partial charge < -0.3 is 0 Å². The molecule has 2 heteroatoms. The van der Waals surface area contributed by atoms with Crippen LogP contribution in [0.5, 0.6) is 0 Å². The van der Waals surface area contributed by atoms with Crippen molar-refractivity contribution in [3.8, 4) is 0 Å². The van der Waals surface area contributed by atoms with Crippen molar-refractivity contribution in [1.29, 1.82) is 0 Å². The summed E-state index contributed by atoms with van der Waals surface area (Å²) in [6.45, 7) is 2.35. The lowest BCUT2D eigenvalue weighted by atomic mass is 9.85. The van der Waals surface area contributed by atoms with Crippen molar-refractivity contribution in [3.05, 3.63) is 81.7 Å². The average Bonchev–Trinajstić information content (AvgIpc) is 2.49. The molecule has 0 N–H and O–H groups in total. The Bertz CT molecular complexity index is 603. The minimum atomic E-state index is 0.149. The van der Waals surface area contributed by atoms with Crippen molar-refractivity contribution in [2.45, 2.75) is 24.0 Å². The maximum Gasteiger partial charge on any atom is 0.0430 e. The Morgan fingerprint density at radius 2 is 1.75 bits per heavy atom. The standard InChI is InChI=1S/C18H17BrS/c1-18(16-7-9-17(19)10-8-16)13-15(11-12-20-18)14-5-3-2-4-6-14/h2-12,15H,13H2,1H3/t15-,18+/m0/s1. The number of benzene rings is 2. The molecule has 0 aromatic heterocycles. The zero-order chi connectivity index (χ0) is 14.0. The average molecular weight is 345 g/mol. The van der Waals surface area contributed by atoms with E-state index >= 15 is 0 Å². The third-order valence-electron chi connectivity index (χ3n) is 3.93. The Balaban J connectivity index is 1.89. The van der Waals surface area contributed by atoms with Crippen molar-refractivity contribution in [3.63, 3.8) is 0 Å². The van der Waals surface area contributed by atoms with Gasteiger partial charge in [0.2, 0.25) is 0 Å². The van der Waals surface area contributed by atoms with Gasteiger partial charge in [0.25, 0.3) is 0 Å². The summed E-state index contributed by atoms with van der Waals surface area (Å²) in [5.74, 6) is 0.506. The van der Waals surface area contributed by atoms with Gasteiger partial charge >= 0.3 is 0 Å². The second kappa shape index (κ2) is 5.79. The summed E-state index contributed by atoms with van der Waals surface area (Å²) in [6.07, 6.45) is 3.47. The molecule has 0 saturated carbocycles. The van der Waals surface area contributed by atoms with E-state index in [0.29, 0.717) is 5.92 Å². The van der Waals surface area contributed by atoms with Gasteiger partial charge in [-0.3, -0.25) is 0 Å². The van der Waals surface area contributed by atoms with Gasteiger partial charge in [0.15, 0.2) is 0 Å². The summed E-state index contributed by atoms with van der Waals surface area (Å²) in [5.41, 5.74) is 2.81. The zero-order valence-corrected chi connectivity index (χ0v) is 13.8. The molecule has 0 unspecified atom stereocenters. The van der Waals surface area contributed by atoms with E-state index in [1.165, 1.54) is 11.1 Å². The van der Waals surface area contributed by atoms with Crippen LogP contribution >= 0.6 is 27.7 Å². The lowest BCUT2D eigenvalue weighted by Gasteiger charge is -2.35. The first-order valence-corrected chi connectivity index (χ1v) is 8.50. The molecule has 2 atom stereocenters. The predicted molar refractivity (Wildman–Crippen MR) is 92.0 cm³/mol.